The molecule has 0 spiro atoms. The molecule has 2 fully saturated rings. The Hall–Kier alpha value is -2.97. The van der Waals surface area contributed by atoms with E-state index < -0.39 is 5.66 Å². The highest BCUT2D eigenvalue weighted by Gasteiger charge is 2.52. The lowest BCUT2D eigenvalue weighted by Gasteiger charge is -2.48. The van der Waals surface area contributed by atoms with E-state index in [0.717, 1.165) is 0 Å². The molecule has 3 aliphatic heterocycles. The molecule has 0 bridgehead atoms. The van der Waals surface area contributed by atoms with Gasteiger partial charge in [0.05, 0.1) is 11.3 Å². The molecule has 2 saturated heterocycles. The van der Waals surface area contributed by atoms with Crippen molar-refractivity contribution in [1.82, 2.24) is 14.7 Å². The minimum absolute atomic E-state index is 0.00476. The second-order valence-electron chi connectivity index (χ2n) is 9.53. The van der Waals surface area contributed by atoms with E-state index in [2.05, 4.69) is 4.90 Å². The first-order valence-electron chi connectivity index (χ1n) is 12.0. The van der Waals surface area contributed by atoms with E-state index in [4.69, 9.17) is 11.6 Å². The average molecular weight is 499 g/mol. The largest absolute Gasteiger partial charge is 0.340 e. The van der Waals surface area contributed by atoms with Gasteiger partial charge in [-0.3, -0.25) is 24.2 Å². The molecule has 1 atom stereocenters. The summed E-state index contributed by atoms with van der Waals surface area (Å²) in [5, 5.41) is 0.407. The zero-order valence-electron chi connectivity index (χ0n) is 19.7. The molecule has 35 heavy (non-hydrogen) atoms. The maximum atomic E-state index is 14.1. The lowest BCUT2D eigenvalue weighted by atomic mass is 9.98. The molecule has 3 amide bonds. The fourth-order valence-corrected chi connectivity index (χ4v) is 5.69. The molecule has 9 heteroatoms. The lowest BCUT2D eigenvalue weighted by Crippen LogP contribution is -2.62. The van der Waals surface area contributed by atoms with Gasteiger partial charge in [-0.1, -0.05) is 29.8 Å². The van der Waals surface area contributed by atoms with Crippen LogP contribution in [0.1, 0.15) is 42.1 Å². The molecule has 184 valence electrons. The molecular formula is C26H28ClFN4O3. The SMILES string of the molecule is CC12CCC(=O)N1c1ccccc1C(=O)N2CCC(=O)N1CCN(Cc2c(F)cccc2Cl)CC1. The van der Waals surface area contributed by atoms with Crippen molar-refractivity contribution in [2.24, 2.45) is 0 Å². The van der Waals surface area contributed by atoms with Crippen LogP contribution in [0.3, 0.4) is 0 Å². The third-order valence-electron chi connectivity index (χ3n) is 7.46. The molecule has 2 aromatic rings. The number of para-hydroxylation sites is 1. The van der Waals surface area contributed by atoms with Crippen LogP contribution >= 0.6 is 11.6 Å². The van der Waals surface area contributed by atoms with Crippen LogP contribution in [0.2, 0.25) is 5.02 Å². The Balaban J connectivity index is 1.22. The number of halogens is 2. The first-order valence-corrected chi connectivity index (χ1v) is 12.3. The summed E-state index contributed by atoms with van der Waals surface area (Å²) in [6.45, 7) is 4.85. The Bertz CT molecular complexity index is 1160. The molecule has 1 unspecified atom stereocenters. The lowest BCUT2D eigenvalue weighted by molar-refractivity contribution is -0.133. The number of amides is 3. The number of fused-ring (bicyclic) bond motifs is 3. The van der Waals surface area contributed by atoms with Crippen LogP contribution in [-0.2, 0) is 16.1 Å². The van der Waals surface area contributed by atoms with Gasteiger partial charge in [0.15, 0.2) is 0 Å². The van der Waals surface area contributed by atoms with E-state index in [9.17, 15) is 18.8 Å². The summed E-state index contributed by atoms with van der Waals surface area (Å²) in [5.41, 5.74) is 0.853. The highest BCUT2D eigenvalue weighted by molar-refractivity contribution is 6.31. The molecule has 0 radical (unpaired) electrons. The van der Waals surface area contributed by atoms with Crippen LogP contribution in [0.25, 0.3) is 0 Å². The fourth-order valence-electron chi connectivity index (χ4n) is 5.47. The van der Waals surface area contributed by atoms with Crippen molar-refractivity contribution < 1.29 is 18.8 Å². The van der Waals surface area contributed by atoms with Crippen molar-refractivity contribution in [3.05, 3.63) is 64.4 Å². The van der Waals surface area contributed by atoms with Crippen molar-refractivity contribution in [2.45, 2.75) is 38.4 Å². The Kier molecular flexibility index (Phi) is 6.27. The van der Waals surface area contributed by atoms with Gasteiger partial charge in [0.2, 0.25) is 11.8 Å². The average Bonchev–Trinajstić information content (AvgIpc) is 3.16. The van der Waals surface area contributed by atoms with E-state index >= 15 is 0 Å². The predicted molar refractivity (Wildman–Crippen MR) is 130 cm³/mol. The zero-order valence-corrected chi connectivity index (χ0v) is 20.4. The molecule has 3 heterocycles. The Morgan fingerprint density at radius 1 is 1.06 bits per heavy atom. The smallest absolute Gasteiger partial charge is 0.257 e. The van der Waals surface area contributed by atoms with Crippen LogP contribution in [0.4, 0.5) is 10.1 Å². The molecule has 2 aromatic carbocycles. The summed E-state index contributed by atoms with van der Waals surface area (Å²) >= 11 is 6.16. The normalized spacial score (nSPS) is 22.4. The highest BCUT2D eigenvalue weighted by Crippen LogP contribution is 2.44. The minimum atomic E-state index is -0.763. The molecule has 0 aliphatic carbocycles. The first kappa shape index (κ1) is 23.8. The standard InChI is InChI=1S/C26H28ClFN4O3/c1-26-11-9-24(34)32(26)22-8-3-2-5-18(22)25(35)31(26)12-10-23(33)30-15-13-29(14-16-30)17-19-20(27)6-4-7-21(19)28/h2-8H,9-17H2,1H3. The fraction of sp³-hybridized carbons (Fsp3) is 0.423. The topological polar surface area (TPSA) is 64.2 Å². The number of carbonyl (C=O) groups is 3. The van der Waals surface area contributed by atoms with Crippen molar-refractivity contribution in [3.63, 3.8) is 0 Å². The second-order valence-corrected chi connectivity index (χ2v) is 9.93. The number of hydrogen-bond acceptors (Lipinski definition) is 4. The van der Waals surface area contributed by atoms with Crippen LogP contribution in [0.15, 0.2) is 42.5 Å². The zero-order chi connectivity index (χ0) is 24.7. The van der Waals surface area contributed by atoms with Gasteiger partial charge in [-0.2, -0.15) is 0 Å². The van der Waals surface area contributed by atoms with Crippen LogP contribution in [0.5, 0.6) is 0 Å². The molecule has 5 rings (SSSR count). The third kappa shape index (κ3) is 4.19. The highest BCUT2D eigenvalue weighted by atomic mass is 35.5. The maximum Gasteiger partial charge on any atom is 0.257 e. The van der Waals surface area contributed by atoms with Crippen LogP contribution in [-0.4, -0.2) is 70.8 Å². The second kappa shape index (κ2) is 9.24. The van der Waals surface area contributed by atoms with E-state index in [-0.39, 0.29) is 36.5 Å². The van der Waals surface area contributed by atoms with Gasteiger partial charge in [0, 0.05) is 62.7 Å². The Morgan fingerprint density at radius 3 is 2.54 bits per heavy atom. The van der Waals surface area contributed by atoms with Gasteiger partial charge in [0.25, 0.3) is 5.91 Å². The Morgan fingerprint density at radius 2 is 1.80 bits per heavy atom. The molecule has 0 saturated carbocycles. The third-order valence-corrected chi connectivity index (χ3v) is 7.82. The van der Waals surface area contributed by atoms with Gasteiger partial charge in [-0.25, -0.2) is 4.39 Å². The summed E-state index contributed by atoms with van der Waals surface area (Å²) in [5.74, 6) is -0.500. The maximum absolute atomic E-state index is 14.1. The molecule has 0 N–H and O–H groups in total. The molecule has 3 aliphatic rings. The van der Waals surface area contributed by atoms with Gasteiger partial charge in [-0.05, 0) is 37.6 Å². The number of hydrogen-bond donors (Lipinski definition) is 0. The molecule has 0 aromatic heterocycles. The van der Waals surface area contributed by atoms with Crippen molar-refractivity contribution >= 4 is 35.0 Å². The van der Waals surface area contributed by atoms with Gasteiger partial charge in [0.1, 0.15) is 11.5 Å². The van der Waals surface area contributed by atoms with E-state index in [1.165, 1.54) is 6.07 Å². The van der Waals surface area contributed by atoms with E-state index in [1.54, 1.807) is 39.0 Å². The predicted octanol–water partition coefficient (Wildman–Crippen LogP) is 3.51. The number of nitrogens with zero attached hydrogens (tertiary/aromatic N) is 4. The summed E-state index contributed by atoms with van der Waals surface area (Å²) < 4.78 is 14.1. The number of rotatable bonds is 5. The van der Waals surface area contributed by atoms with E-state index in [1.807, 2.05) is 19.1 Å². The molecular weight excluding hydrogens is 471 g/mol. The Labute approximate surface area is 209 Å². The number of benzene rings is 2. The van der Waals surface area contributed by atoms with Crippen molar-refractivity contribution in [2.75, 3.05) is 37.6 Å². The summed E-state index contributed by atoms with van der Waals surface area (Å²) in [7, 11) is 0. The first-order chi connectivity index (χ1) is 16.8. The summed E-state index contributed by atoms with van der Waals surface area (Å²) in [6.07, 6.45) is 1.10. The van der Waals surface area contributed by atoms with Gasteiger partial charge in [-0.15, -0.1) is 0 Å². The number of piperazine rings is 1. The van der Waals surface area contributed by atoms with Gasteiger partial charge >= 0.3 is 0 Å². The quantitative estimate of drug-likeness (QED) is 0.633. The van der Waals surface area contributed by atoms with E-state index in [0.29, 0.717) is 67.4 Å². The minimum Gasteiger partial charge on any atom is -0.340 e. The number of anilines is 1. The summed E-state index contributed by atoms with van der Waals surface area (Å²) in [4.78, 5) is 46.4. The van der Waals surface area contributed by atoms with Crippen LogP contribution < -0.4 is 4.90 Å². The monoisotopic (exact) mass is 498 g/mol. The summed E-state index contributed by atoms with van der Waals surface area (Å²) in [6, 6.07) is 11.8. The van der Waals surface area contributed by atoms with Gasteiger partial charge < -0.3 is 9.80 Å². The van der Waals surface area contributed by atoms with Crippen molar-refractivity contribution in [3.8, 4) is 0 Å². The van der Waals surface area contributed by atoms with Crippen LogP contribution in [0, 0.1) is 5.82 Å². The van der Waals surface area contributed by atoms with Crippen molar-refractivity contribution in [1.29, 1.82) is 0 Å². The number of carbonyl (C=O) groups excluding carboxylic acids is 3. The molecule has 7 nitrogen and oxygen atoms in total.